The molecule has 1 N–H and O–H groups in total. The number of aliphatic hydroxyl groups excluding tert-OH is 1. The van der Waals surface area contributed by atoms with Gasteiger partial charge in [0.15, 0.2) is 0 Å². The van der Waals surface area contributed by atoms with Crippen molar-refractivity contribution < 1.29 is 14.6 Å². The molecule has 3 nitrogen and oxygen atoms in total. The van der Waals surface area contributed by atoms with Crippen molar-refractivity contribution in [3.63, 3.8) is 0 Å². The van der Waals surface area contributed by atoms with Crippen molar-refractivity contribution in [2.24, 2.45) is 0 Å². The molecule has 0 saturated carbocycles. The highest BCUT2D eigenvalue weighted by Gasteiger charge is 2.15. The van der Waals surface area contributed by atoms with Crippen molar-refractivity contribution in [2.45, 2.75) is 36.7 Å². The smallest absolute Gasteiger partial charge is 0.302 e. The third-order valence-corrected chi connectivity index (χ3v) is 2.89. The summed E-state index contributed by atoms with van der Waals surface area (Å²) in [5.41, 5.74) is 0. The summed E-state index contributed by atoms with van der Waals surface area (Å²) >= 11 is 2.17. The van der Waals surface area contributed by atoms with Crippen LogP contribution in [0.4, 0.5) is 0 Å². The largest absolute Gasteiger partial charge is 0.463 e. The molecule has 72 valence electrons. The fraction of sp³-hybridized carbons (Fsp3) is 0.875. The average molecular weight is 286 g/mol. The van der Waals surface area contributed by atoms with E-state index in [0.29, 0.717) is 0 Å². The molecule has 0 aliphatic rings. The van der Waals surface area contributed by atoms with E-state index in [-0.39, 0.29) is 16.5 Å². The van der Waals surface area contributed by atoms with Gasteiger partial charge in [0.05, 0.1) is 6.10 Å². The Morgan fingerprint density at radius 1 is 1.67 bits per heavy atom. The number of alkyl halides is 1. The van der Waals surface area contributed by atoms with E-state index in [0.717, 1.165) is 12.8 Å². The van der Waals surface area contributed by atoms with Gasteiger partial charge in [-0.15, -0.1) is 0 Å². The van der Waals surface area contributed by atoms with E-state index in [9.17, 15) is 9.90 Å². The first kappa shape index (κ1) is 12.2. The molecule has 0 heterocycles. The molecule has 0 aromatic heterocycles. The molecule has 0 saturated heterocycles. The highest BCUT2D eigenvalue weighted by Crippen LogP contribution is 2.13. The Labute approximate surface area is 86.6 Å². The molecule has 12 heavy (non-hydrogen) atoms. The first-order chi connectivity index (χ1) is 5.57. The molecule has 4 heteroatoms. The van der Waals surface area contributed by atoms with Gasteiger partial charge in [0.1, 0.15) is 6.61 Å². The summed E-state index contributed by atoms with van der Waals surface area (Å²) < 4.78 is 4.85. The summed E-state index contributed by atoms with van der Waals surface area (Å²) in [6.45, 7) is 3.52. The van der Waals surface area contributed by atoms with Gasteiger partial charge >= 0.3 is 5.97 Å². The Balaban J connectivity index is 3.55. The van der Waals surface area contributed by atoms with Gasteiger partial charge in [-0.3, -0.25) is 4.79 Å². The summed E-state index contributed by atoms with van der Waals surface area (Å²) in [7, 11) is 0. The van der Waals surface area contributed by atoms with Crippen LogP contribution in [0.2, 0.25) is 0 Å². The number of halogens is 1. The van der Waals surface area contributed by atoms with Crippen LogP contribution in [0, 0.1) is 0 Å². The molecule has 0 rings (SSSR count). The van der Waals surface area contributed by atoms with E-state index in [1.807, 2.05) is 0 Å². The standard InChI is InChI=1S/C8H15IO3/c1-3-4-7(9)8(11)5-12-6(2)10/h7-8,11H,3-5H2,1-2H3/t7-,8-/m1/s1. The van der Waals surface area contributed by atoms with E-state index in [1.165, 1.54) is 6.92 Å². The van der Waals surface area contributed by atoms with E-state index in [2.05, 4.69) is 34.3 Å². The summed E-state index contributed by atoms with van der Waals surface area (Å²) in [6.07, 6.45) is 1.45. The van der Waals surface area contributed by atoms with Crippen LogP contribution in [-0.4, -0.2) is 27.7 Å². The second kappa shape index (κ2) is 6.65. The lowest BCUT2D eigenvalue weighted by molar-refractivity contribution is -0.143. The normalized spacial score (nSPS) is 15.3. The lowest BCUT2D eigenvalue weighted by atomic mass is 10.2. The van der Waals surface area contributed by atoms with Gasteiger partial charge < -0.3 is 9.84 Å². The average Bonchev–Trinajstić information content (AvgIpc) is 2.00. The molecule has 0 aromatic rings. The minimum absolute atomic E-state index is 0.114. The number of carbonyl (C=O) groups excluding carboxylic acids is 1. The molecule has 0 radical (unpaired) electrons. The van der Waals surface area contributed by atoms with Crippen molar-refractivity contribution in [2.75, 3.05) is 6.61 Å². The first-order valence-corrected chi connectivity index (χ1v) is 5.28. The van der Waals surface area contributed by atoms with Gasteiger partial charge in [0, 0.05) is 10.8 Å². The van der Waals surface area contributed by atoms with Crippen LogP contribution in [-0.2, 0) is 9.53 Å². The lowest BCUT2D eigenvalue weighted by Crippen LogP contribution is -2.26. The maximum Gasteiger partial charge on any atom is 0.302 e. The molecule has 0 aromatic carbocycles. The fourth-order valence-corrected chi connectivity index (χ4v) is 1.61. The lowest BCUT2D eigenvalue weighted by Gasteiger charge is -2.15. The zero-order valence-corrected chi connectivity index (χ0v) is 9.58. The Kier molecular flexibility index (Phi) is 6.74. The molecular weight excluding hydrogens is 271 g/mol. The molecule has 0 fully saturated rings. The summed E-state index contributed by atoms with van der Waals surface area (Å²) in [6, 6.07) is 0. The monoisotopic (exact) mass is 286 g/mol. The zero-order valence-electron chi connectivity index (χ0n) is 7.42. The van der Waals surface area contributed by atoms with Crippen molar-refractivity contribution in [3.8, 4) is 0 Å². The number of rotatable bonds is 5. The number of ether oxygens (including phenoxy) is 1. The van der Waals surface area contributed by atoms with Gasteiger partial charge in [-0.25, -0.2) is 0 Å². The summed E-state index contributed by atoms with van der Waals surface area (Å²) in [4.78, 5) is 10.4. The number of carbonyl (C=O) groups is 1. The first-order valence-electron chi connectivity index (χ1n) is 4.03. The zero-order chi connectivity index (χ0) is 9.56. The maximum atomic E-state index is 10.4. The number of hydrogen-bond donors (Lipinski definition) is 1. The summed E-state index contributed by atoms with van der Waals surface area (Å²) in [5, 5.41) is 9.41. The minimum Gasteiger partial charge on any atom is -0.463 e. The highest BCUT2D eigenvalue weighted by molar-refractivity contribution is 14.1. The van der Waals surface area contributed by atoms with Gasteiger partial charge in [-0.2, -0.15) is 0 Å². The Morgan fingerprint density at radius 3 is 2.67 bits per heavy atom. The van der Waals surface area contributed by atoms with Crippen LogP contribution in [0.5, 0.6) is 0 Å². The van der Waals surface area contributed by atoms with Crippen LogP contribution in [0.15, 0.2) is 0 Å². The third-order valence-electron chi connectivity index (χ3n) is 1.44. The van der Waals surface area contributed by atoms with Crippen molar-refractivity contribution >= 4 is 28.6 Å². The van der Waals surface area contributed by atoms with Gasteiger partial charge in [-0.05, 0) is 6.42 Å². The molecule has 0 amide bonds. The quantitative estimate of drug-likeness (QED) is 0.473. The third kappa shape index (κ3) is 5.77. The second-order valence-corrected chi connectivity index (χ2v) is 4.27. The number of hydrogen-bond acceptors (Lipinski definition) is 3. The van der Waals surface area contributed by atoms with Crippen LogP contribution >= 0.6 is 22.6 Å². The topological polar surface area (TPSA) is 46.5 Å². The molecule has 0 unspecified atom stereocenters. The Hall–Kier alpha value is 0.160. The van der Waals surface area contributed by atoms with Crippen LogP contribution in [0.1, 0.15) is 26.7 Å². The molecular formula is C8H15IO3. The summed E-state index contributed by atoms with van der Waals surface area (Å²) in [5.74, 6) is -0.339. The fourth-order valence-electron chi connectivity index (χ4n) is 0.775. The number of aliphatic hydroxyl groups is 1. The predicted molar refractivity (Wildman–Crippen MR) is 55.4 cm³/mol. The molecule has 0 bridgehead atoms. The van der Waals surface area contributed by atoms with Crippen molar-refractivity contribution in [3.05, 3.63) is 0 Å². The molecule has 0 aliphatic carbocycles. The molecule has 0 spiro atoms. The molecule has 0 aliphatic heterocycles. The Morgan fingerprint density at radius 2 is 2.25 bits per heavy atom. The van der Waals surface area contributed by atoms with Gasteiger partial charge in [-0.1, -0.05) is 35.9 Å². The van der Waals surface area contributed by atoms with Crippen molar-refractivity contribution in [1.29, 1.82) is 0 Å². The second-order valence-electron chi connectivity index (χ2n) is 2.67. The number of esters is 1. The van der Waals surface area contributed by atoms with Crippen LogP contribution in [0.25, 0.3) is 0 Å². The molecule has 2 atom stereocenters. The highest BCUT2D eigenvalue weighted by atomic mass is 127. The van der Waals surface area contributed by atoms with Gasteiger partial charge in [0.25, 0.3) is 0 Å². The van der Waals surface area contributed by atoms with E-state index in [1.54, 1.807) is 0 Å². The predicted octanol–water partition coefficient (Wildman–Crippen LogP) is 1.51. The van der Waals surface area contributed by atoms with E-state index >= 15 is 0 Å². The van der Waals surface area contributed by atoms with Crippen molar-refractivity contribution in [1.82, 2.24) is 0 Å². The van der Waals surface area contributed by atoms with Crippen LogP contribution in [0.3, 0.4) is 0 Å². The van der Waals surface area contributed by atoms with Gasteiger partial charge in [0.2, 0.25) is 0 Å². The van der Waals surface area contributed by atoms with Crippen LogP contribution < -0.4 is 0 Å². The minimum atomic E-state index is -0.533. The maximum absolute atomic E-state index is 10.4. The van der Waals surface area contributed by atoms with E-state index < -0.39 is 6.10 Å². The SMILES string of the molecule is CCC[C@@H](I)[C@H](O)COC(C)=O. The van der Waals surface area contributed by atoms with E-state index in [4.69, 9.17) is 0 Å². The Bertz CT molecular complexity index is 138.